The minimum atomic E-state index is -0.861. The lowest BCUT2D eigenvalue weighted by molar-refractivity contribution is 0.0447. The minimum Gasteiger partial charge on any atom is -0.461 e. The topological polar surface area (TPSA) is 103 Å². The lowest BCUT2D eigenvalue weighted by atomic mass is 9.95. The molecule has 210 valence electrons. The maximum absolute atomic E-state index is 16.6. The van der Waals surface area contributed by atoms with Crippen molar-refractivity contribution >= 4 is 27.8 Å². The van der Waals surface area contributed by atoms with E-state index in [-0.39, 0.29) is 22.8 Å². The van der Waals surface area contributed by atoms with Crippen LogP contribution in [0, 0.1) is 19.7 Å². The monoisotopic (exact) mass is 545 g/mol. The van der Waals surface area contributed by atoms with Gasteiger partial charge < -0.3 is 19.7 Å². The molecule has 10 heteroatoms. The molecular weight excluding hydrogens is 509 g/mol. The molecule has 0 aliphatic carbocycles. The van der Waals surface area contributed by atoms with Crippen molar-refractivity contribution in [2.75, 3.05) is 37.7 Å². The van der Waals surface area contributed by atoms with E-state index in [1.54, 1.807) is 12.5 Å². The summed E-state index contributed by atoms with van der Waals surface area (Å²) in [6, 6.07) is 2.19. The number of β-amino-alcohol motifs (C(OH)–C–C–N with tert-alkyl or cyclic N) is 1. The molecular formula is C30H36FN7O2. The number of hydrogen-bond acceptors (Lipinski definition) is 8. The summed E-state index contributed by atoms with van der Waals surface area (Å²) in [7, 11) is 0. The van der Waals surface area contributed by atoms with Gasteiger partial charge >= 0.3 is 6.01 Å². The Labute approximate surface area is 232 Å². The molecule has 4 aromatic rings. The minimum absolute atomic E-state index is 0.0134. The number of rotatable bonds is 5. The van der Waals surface area contributed by atoms with Gasteiger partial charge in [-0.25, -0.2) is 9.37 Å². The number of halogens is 1. The standard InChI is InChI=1S/C30H36FN7O2/c1-18-13-21-25(34-17-33-21)22(19(18)2)26-23(31)24-20(14-32-26)27(37-10-4-7-29(3,39)15-37)36-28(35-24)40-16-30-8-5-11-38(30)12-6-9-30/h13-14,17,39H,4-12,15-16H2,1-3H3,(H,33,34)/t29-/m1/s1. The number of piperidine rings is 1. The molecule has 6 heterocycles. The number of fused-ring (bicyclic) bond motifs is 3. The zero-order valence-electron chi connectivity index (χ0n) is 23.4. The molecule has 40 heavy (non-hydrogen) atoms. The van der Waals surface area contributed by atoms with Crippen molar-refractivity contribution in [1.82, 2.24) is 29.8 Å². The van der Waals surface area contributed by atoms with E-state index in [0.717, 1.165) is 61.8 Å². The zero-order valence-corrected chi connectivity index (χ0v) is 23.4. The van der Waals surface area contributed by atoms with Gasteiger partial charge in [0.15, 0.2) is 5.82 Å². The molecule has 0 saturated carbocycles. The number of aromatic nitrogens is 5. The Balaban J connectivity index is 1.37. The van der Waals surface area contributed by atoms with Gasteiger partial charge in [-0.05, 0) is 89.6 Å². The fraction of sp³-hybridized carbons (Fsp3) is 0.533. The highest BCUT2D eigenvalue weighted by Gasteiger charge is 2.45. The van der Waals surface area contributed by atoms with Crippen LogP contribution in [0.1, 0.15) is 56.6 Å². The number of pyridine rings is 1. The molecule has 0 spiro atoms. The molecule has 3 saturated heterocycles. The number of aryl methyl sites for hydroxylation is 1. The van der Waals surface area contributed by atoms with Crippen LogP contribution < -0.4 is 9.64 Å². The summed E-state index contributed by atoms with van der Waals surface area (Å²) in [5, 5.41) is 11.4. The van der Waals surface area contributed by atoms with Crippen molar-refractivity contribution in [3.8, 4) is 17.3 Å². The molecule has 0 radical (unpaired) electrons. The van der Waals surface area contributed by atoms with Gasteiger partial charge in [0.1, 0.15) is 23.6 Å². The van der Waals surface area contributed by atoms with Crippen LogP contribution >= 0.6 is 0 Å². The Morgan fingerprint density at radius 2 is 1.82 bits per heavy atom. The molecule has 0 bridgehead atoms. The molecule has 2 N–H and O–H groups in total. The molecule has 7 rings (SSSR count). The summed E-state index contributed by atoms with van der Waals surface area (Å²) >= 11 is 0. The first-order chi connectivity index (χ1) is 19.2. The number of imidazole rings is 1. The smallest absolute Gasteiger partial charge is 0.319 e. The van der Waals surface area contributed by atoms with Gasteiger partial charge in [0.25, 0.3) is 0 Å². The van der Waals surface area contributed by atoms with Crippen molar-refractivity contribution in [3.05, 3.63) is 35.5 Å². The van der Waals surface area contributed by atoms with E-state index in [1.165, 1.54) is 0 Å². The average molecular weight is 546 g/mol. The number of nitrogens with one attached hydrogen (secondary N) is 1. The summed E-state index contributed by atoms with van der Waals surface area (Å²) in [6.45, 7) is 9.57. The van der Waals surface area contributed by atoms with Crippen molar-refractivity contribution < 1.29 is 14.2 Å². The van der Waals surface area contributed by atoms with Crippen molar-refractivity contribution in [2.45, 2.75) is 70.4 Å². The molecule has 1 atom stereocenters. The lowest BCUT2D eigenvalue weighted by Gasteiger charge is -2.38. The van der Waals surface area contributed by atoms with E-state index >= 15 is 4.39 Å². The molecule has 1 aromatic carbocycles. The number of anilines is 1. The number of aromatic amines is 1. The summed E-state index contributed by atoms with van der Waals surface area (Å²) in [5.41, 5.74) is 3.64. The van der Waals surface area contributed by atoms with Crippen molar-refractivity contribution in [2.24, 2.45) is 0 Å². The van der Waals surface area contributed by atoms with Gasteiger partial charge in [0.2, 0.25) is 0 Å². The molecule has 3 aromatic heterocycles. The van der Waals surface area contributed by atoms with Crippen molar-refractivity contribution in [3.63, 3.8) is 0 Å². The third kappa shape index (κ3) is 4.11. The Hall–Kier alpha value is -3.37. The van der Waals surface area contributed by atoms with Crippen LogP contribution in [0.2, 0.25) is 0 Å². The lowest BCUT2D eigenvalue weighted by Crippen LogP contribution is -2.46. The summed E-state index contributed by atoms with van der Waals surface area (Å²) in [4.78, 5) is 26.3. The van der Waals surface area contributed by atoms with Crippen LogP contribution in [0.3, 0.4) is 0 Å². The molecule has 3 aliphatic rings. The normalized spacial score (nSPS) is 22.9. The van der Waals surface area contributed by atoms with Crippen LogP contribution in [0.25, 0.3) is 33.2 Å². The van der Waals surface area contributed by atoms with Crippen LogP contribution in [0.15, 0.2) is 18.6 Å². The van der Waals surface area contributed by atoms with Gasteiger partial charge in [-0.2, -0.15) is 9.97 Å². The average Bonchev–Trinajstić information content (AvgIpc) is 3.64. The maximum Gasteiger partial charge on any atom is 0.319 e. The number of aliphatic hydroxyl groups is 1. The quantitative estimate of drug-likeness (QED) is 0.373. The van der Waals surface area contributed by atoms with E-state index in [9.17, 15) is 5.11 Å². The van der Waals surface area contributed by atoms with E-state index in [1.807, 2.05) is 31.7 Å². The predicted molar refractivity (Wildman–Crippen MR) is 152 cm³/mol. The van der Waals surface area contributed by atoms with Crippen LogP contribution in [0.4, 0.5) is 10.2 Å². The number of nitrogens with zero attached hydrogens (tertiary/aromatic N) is 6. The van der Waals surface area contributed by atoms with E-state index < -0.39 is 11.4 Å². The first kappa shape index (κ1) is 25.6. The Kier molecular flexibility index (Phi) is 5.98. The van der Waals surface area contributed by atoms with Gasteiger partial charge in [-0.1, -0.05) is 0 Å². The van der Waals surface area contributed by atoms with E-state index in [0.29, 0.717) is 48.4 Å². The number of H-pyrrole nitrogens is 1. The number of ether oxygens (including phenoxy) is 1. The molecule has 3 aliphatic heterocycles. The number of benzene rings is 1. The Morgan fingerprint density at radius 3 is 2.60 bits per heavy atom. The fourth-order valence-corrected chi connectivity index (χ4v) is 7.17. The molecule has 0 unspecified atom stereocenters. The third-order valence-corrected chi connectivity index (χ3v) is 9.37. The predicted octanol–water partition coefficient (Wildman–Crippen LogP) is 4.68. The fourth-order valence-electron chi connectivity index (χ4n) is 7.17. The third-order valence-electron chi connectivity index (χ3n) is 9.37. The Bertz CT molecular complexity index is 1610. The highest BCUT2D eigenvalue weighted by atomic mass is 19.1. The first-order valence-electron chi connectivity index (χ1n) is 14.4. The van der Waals surface area contributed by atoms with Gasteiger partial charge in [0.05, 0.1) is 33.9 Å². The second-order valence-corrected chi connectivity index (χ2v) is 12.2. The van der Waals surface area contributed by atoms with Gasteiger partial charge in [-0.15, -0.1) is 0 Å². The molecule has 9 nitrogen and oxygen atoms in total. The van der Waals surface area contributed by atoms with Crippen LogP contribution in [0.5, 0.6) is 6.01 Å². The largest absolute Gasteiger partial charge is 0.461 e. The van der Waals surface area contributed by atoms with Crippen LogP contribution in [-0.4, -0.2) is 78.9 Å². The van der Waals surface area contributed by atoms with Gasteiger partial charge in [0, 0.05) is 24.8 Å². The van der Waals surface area contributed by atoms with E-state index in [2.05, 4.69) is 24.8 Å². The Morgan fingerprint density at radius 1 is 1.05 bits per heavy atom. The SMILES string of the molecule is Cc1cc2[nH]cnc2c(-c2ncc3c(N4CCC[C@@](C)(O)C4)nc(OCC45CCCN4CCC5)nc3c2F)c1C. The summed E-state index contributed by atoms with van der Waals surface area (Å²) in [5.74, 6) is 0.0327. The van der Waals surface area contributed by atoms with E-state index in [4.69, 9.17) is 9.72 Å². The highest BCUT2D eigenvalue weighted by molar-refractivity contribution is 5.98. The number of hydrogen-bond donors (Lipinski definition) is 2. The first-order valence-corrected chi connectivity index (χ1v) is 14.4. The molecule has 3 fully saturated rings. The highest BCUT2D eigenvalue weighted by Crippen LogP contribution is 2.40. The summed E-state index contributed by atoms with van der Waals surface area (Å²) in [6.07, 6.45) is 9.31. The van der Waals surface area contributed by atoms with Gasteiger partial charge in [-0.3, -0.25) is 9.88 Å². The second-order valence-electron chi connectivity index (χ2n) is 12.2. The zero-order chi connectivity index (χ0) is 27.6. The summed E-state index contributed by atoms with van der Waals surface area (Å²) < 4.78 is 22.9. The molecule has 0 amide bonds. The van der Waals surface area contributed by atoms with Crippen LogP contribution in [-0.2, 0) is 0 Å². The maximum atomic E-state index is 16.6. The van der Waals surface area contributed by atoms with Crippen molar-refractivity contribution in [1.29, 1.82) is 0 Å². The second kappa shape index (κ2) is 9.34.